The summed E-state index contributed by atoms with van der Waals surface area (Å²) in [6.45, 7) is 9.29. The third-order valence-corrected chi connectivity index (χ3v) is 5.69. The van der Waals surface area contributed by atoms with E-state index >= 15 is 0 Å². The summed E-state index contributed by atoms with van der Waals surface area (Å²) in [6.07, 6.45) is -0.361. The maximum atomic E-state index is 13.2. The summed E-state index contributed by atoms with van der Waals surface area (Å²) < 4.78 is 21.6. The van der Waals surface area contributed by atoms with E-state index in [-0.39, 0.29) is 31.5 Å². The number of aliphatic hydroxyl groups is 1. The molecule has 8 heteroatoms. The van der Waals surface area contributed by atoms with Crippen molar-refractivity contribution in [3.8, 4) is 11.5 Å². The molecule has 1 fully saturated rings. The monoisotopic (exact) mass is 464 g/mol. The Balaban J connectivity index is 2.61. The van der Waals surface area contributed by atoms with Gasteiger partial charge >= 0.3 is 11.9 Å². The van der Waals surface area contributed by atoms with E-state index in [0.717, 1.165) is 0 Å². The number of ketones is 1. The number of carbonyl (C=O) groups is 3. The maximum absolute atomic E-state index is 13.2. The van der Waals surface area contributed by atoms with Crippen molar-refractivity contribution in [3.63, 3.8) is 0 Å². The molecule has 0 aromatic heterocycles. The van der Waals surface area contributed by atoms with E-state index in [1.54, 1.807) is 18.2 Å². The number of ether oxygens (including phenoxy) is 4. The normalized spacial score (nSPS) is 25.2. The molecule has 0 unspecified atom stereocenters. The van der Waals surface area contributed by atoms with Crippen molar-refractivity contribution in [2.24, 2.45) is 23.7 Å². The van der Waals surface area contributed by atoms with Crippen LogP contribution in [0.2, 0.25) is 0 Å². The number of rotatable bonds is 9. The van der Waals surface area contributed by atoms with Crippen molar-refractivity contribution in [3.05, 3.63) is 23.8 Å². The Morgan fingerprint density at radius 3 is 2.06 bits per heavy atom. The Hall–Kier alpha value is -2.61. The molecule has 1 aromatic carbocycles. The first-order valence-corrected chi connectivity index (χ1v) is 11.2. The fourth-order valence-electron chi connectivity index (χ4n) is 4.15. The first-order valence-electron chi connectivity index (χ1n) is 11.2. The molecule has 184 valence electrons. The SMILES string of the molecule is COc1ccc([C@@H]2[C@H](C(=O)OCC(C)C)C(=O)C[C@@](C)(O)[C@@H]2C(=O)OCC(C)C)cc1OC. The first-order chi connectivity index (χ1) is 15.4. The third-order valence-electron chi connectivity index (χ3n) is 5.69. The van der Waals surface area contributed by atoms with Gasteiger partial charge in [0.25, 0.3) is 0 Å². The van der Waals surface area contributed by atoms with Crippen LogP contribution in [-0.2, 0) is 23.9 Å². The highest BCUT2D eigenvalue weighted by molar-refractivity contribution is 6.02. The van der Waals surface area contributed by atoms with Crippen molar-refractivity contribution in [2.45, 2.75) is 52.6 Å². The van der Waals surface area contributed by atoms with Gasteiger partial charge in [0.1, 0.15) is 5.92 Å². The van der Waals surface area contributed by atoms with Crippen LogP contribution in [0, 0.1) is 23.7 Å². The second kappa shape index (κ2) is 11.0. The molecule has 1 saturated carbocycles. The lowest BCUT2D eigenvalue weighted by Crippen LogP contribution is -2.55. The van der Waals surface area contributed by atoms with E-state index in [2.05, 4.69) is 0 Å². The molecule has 8 nitrogen and oxygen atoms in total. The number of benzene rings is 1. The van der Waals surface area contributed by atoms with E-state index in [0.29, 0.717) is 17.1 Å². The van der Waals surface area contributed by atoms with Crippen molar-refractivity contribution >= 4 is 17.7 Å². The van der Waals surface area contributed by atoms with Gasteiger partial charge in [-0.2, -0.15) is 0 Å². The Bertz CT molecular complexity index is 858. The Morgan fingerprint density at radius 1 is 1.00 bits per heavy atom. The van der Waals surface area contributed by atoms with Gasteiger partial charge in [-0.3, -0.25) is 14.4 Å². The molecular formula is C25H36O8. The highest BCUT2D eigenvalue weighted by Gasteiger charge is 2.57. The summed E-state index contributed by atoms with van der Waals surface area (Å²) in [5.74, 6) is -4.32. The molecule has 0 saturated heterocycles. The lowest BCUT2D eigenvalue weighted by atomic mass is 9.61. The van der Waals surface area contributed by atoms with Gasteiger partial charge < -0.3 is 24.1 Å². The number of hydrogen-bond donors (Lipinski definition) is 1. The fraction of sp³-hybridized carbons (Fsp3) is 0.640. The topological polar surface area (TPSA) is 108 Å². The fourth-order valence-corrected chi connectivity index (χ4v) is 4.15. The van der Waals surface area contributed by atoms with Gasteiger partial charge in [0.15, 0.2) is 17.3 Å². The van der Waals surface area contributed by atoms with Crippen LogP contribution in [0.15, 0.2) is 18.2 Å². The highest BCUT2D eigenvalue weighted by Crippen LogP contribution is 2.48. The van der Waals surface area contributed by atoms with Gasteiger partial charge in [0, 0.05) is 12.3 Å². The molecule has 0 amide bonds. The molecule has 0 aliphatic heterocycles. The molecule has 1 aromatic rings. The summed E-state index contributed by atoms with van der Waals surface area (Å²) in [7, 11) is 2.96. The Kier molecular flexibility index (Phi) is 8.89. The first kappa shape index (κ1) is 26.6. The van der Waals surface area contributed by atoms with Crippen molar-refractivity contribution in [2.75, 3.05) is 27.4 Å². The average Bonchev–Trinajstić information content (AvgIpc) is 2.74. The van der Waals surface area contributed by atoms with Gasteiger partial charge in [0.2, 0.25) is 0 Å². The van der Waals surface area contributed by atoms with Crippen molar-refractivity contribution in [1.29, 1.82) is 0 Å². The summed E-state index contributed by atoms with van der Waals surface area (Å²) in [4.78, 5) is 39.4. The second-order valence-corrected chi connectivity index (χ2v) is 9.64. The predicted molar refractivity (Wildman–Crippen MR) is 121 cm³/mol. The van der Waals surface area contributed by atoms with Crippen LogP contribution >= 0.6 is 0 Å². The molecule has 1 aliphatic rings. The van der Waals surface area contributed by atoms with Crippen molar-refractivity contribution in [1.82, 2.24) is 0 Å². The lowest BCUT2D eigenvalue weighted by Gasteiger charge is -2.43. The molecule has 0 spiro atoms. The molecule has 33 heavy (non-hydrogen) atoms. The standard InChI is InChI=1S/C25H36O8/c1-14(2)12-32-23(27)21-17(26)11-25(5,29)22(24(28)33-13-15(3)4)20(21)16-8-9-18(30-6)19(10-16)31-7/h8-10,14-15,20-22,29H,11-13H2,1-7H3/t20-,21-,22+,25-/m1/s1. The second-order valence-electron chi connectivity index (χ2n) is 9.64. The minimum atomic E-state index is -1.71. The van der Waals surface area contributed by atoms with Gasteiger partial charge in [-0.25, -0.2) is 0 Å². The zero-order valence-electron chi connectivity index (χ0n) is 20.5. The zero-order chi connectivity index (χ0) is 24.9. The van der Waals surface area contributed by atoms with Gasteiger partial charge in [0.05, 0.1) is 39.0 Å². The van der Waals surface area contributed by atoms with Gasteiger partial charge in [-0.05, 0) is 36.5 Å². The minimum Gasteiger partial charge on any atom is -0.493 e. The number of carbonyl (C=O) groups excluding carboxylic acids is 3. The van der Waals surface area contributed by atoms with Crippen LogP contribution in [0.4, 0.5) is 0 Å². The predicted octanol–water partition coefficient (Wildman–Crippen LogP) is 3.14. The van der Waals surface area contributed by atoms with Crippen molar-refractivity contribution < 1.29 is 38.4 Å². The molecular weight excluding hydrogens is 428 g/mol. The maximum Gasteiger partial charge on any atom is 0.317 e. The van der Waals surface area contributed by atoms with E-state index in [1.165, 1.54) is 21.1 Å². The lowest BCUT2D eigenvalue weighted by molar-refractivity contribution is -0.173. The largest absolute Gasteiger partial charge is 0.493 e. The number of methoxy groups -OCH3 is 2. The summed E-state index contributed by atoms with van der Waals surface area (Å²) in [6, 6.07) is 4.91. The van der Waals surface area contributed by atoms with Crippen LogP contribution in [0.1, 0.15) is 52.5 Å². The van der Waals surface area contributed by atoms with Crippen LogP contribution in [0.3, 0.4) is 0 Å². The van der Waals surface area contributed by atoms with Gasteiger partial charge in [-0.1, -0.05) is 33.8 Å². The molecule has 4 atom stereocenters. The van der Waals surface area contributed by atoms with Crippen LogP contribution in [0.25, 0.3) is 0 Å². The van der Waals surface area contributed by atoms with Gasteiger partial charge in [-0.15, -0.1) is 0 Å². The Morgan fingerprint density at radius 2 is 1.55 bits per heavy atom. The number of esters is 2. The van der Waals surface area contributed by atoms with E-state index in [4.69, 9.17) is 18.9 Å². The molecule has 0 heterocycles. The summed E-state index contributed by atoms with van der Waals surface area (Å²) in [5.41, 5.74) is -1.24. The van der Waals surface area contributed by atoms with E-state index in [9.17, 15) is 19.5 Å². The number of Topliss-reactive ketones (excluding diaryl/α,β-unsaturated/α-hetero) is 1. The molecule has 0 radical (unpaired) electrons. The zero-order valence-corrected chi connectivity index (χ0v) is 20.5. The quantitative estimate of drug-likeness (QED) is 0.439. The van der Waals surface area contributed by atoms with E-state index < -0.39 is 41.1 Å². The van der Waals surface area contributed by atoms with Crippen LogP contribution in [-0.4, -0.2) is 55.9 Å². The average molecular weight is 465 g/mol. The van der Waals surface area contributed by atoms with Crippen LogP contribution in [0.5, 0.6) is 11.5 Å². The smallest absolute Gasteiger partial charge is 0.317 e. The third kappa shape index (κ3) is 6.25. The molecule has 1 N–H and O–H groups in total. The minimum absolute atomic E-state index is 0.0714. The molecule has 0 bridgehead atoms. The summed E-state index contributed by atoms with van der Waals surface area (Å²) >= 11 is 0. The number of hydrogen-bond acceptors (Lipinski definition) is 8. The Labute approximate surface area is 195 Å². The van der Waals surface area contributed by atoms with E-state index in [1.807, 2.05) is 27.7 Å². The molecule has 1 aliphatic carbocycles. The summed E-state index contributed by atoms with van der Waals surface area (Å²) in [5, 5.41) is 11.2. The molecule has 2 rings (SSSR count). The van der Waals surface area contributed by atoms with Crippen LogP contribution < -0.4 is 9.47 Å². The highest BCUT2D eigenvalue weighted by atomic mass is 16.5.